The number of carbonyl (C=O) groups is 3. The Kier molecular flexibility index (Phi) is 7.10. The highest BCUT2D eigenvalue weighted by Crippen LogP contribution is 2.24. The van der Waals surface area contributed by atoms with Crippen molar-refractivity contribution in [1.82, 2.24) is 10.9 Å². The van der Waals surface area contributed by atoms with E-state index in [0.29, 0.717) is 16.8 Å². The molecule has 1 saturated carbocycles. The molecule has 0 atom stereocenters. The van der Waals surface area contributed by atoms with E-state index >= 15 is 0 Å². The summed E-state index contributed by atoms with van der Waals surface area (Å²) < 4.78 is 0. The summed E-state index contributed by atoms with van der Waals surface area (Å²) >= 11 is 0. The van der Waals surface area contributed by atoms with E-state index in [-0.39, 0.29) is 29.1 Å². The van der Waals surface area contributed by atoms with Crippen LogP contribution in [0, 0.1) is 5.92 Å². The molecule has 6 nitrogen and oxygen atoms in total. The van der Waals surface area contributed by atoms with Gasteiger partial charge in [-0.3, -0.25) is 25.2 Å². The second kappa shape index (κ2) is 9.77. The molecular weight excluding hydrogens is 390 g/mol. The largest absolute Gasteiger partial charge is 0.322 e. The maximum atomic E-state index is 12.5. The molecule has 0 heterocycles. The van der Waals surface area contributed by atoms with Gasteiger partial charge in [-0.15, -0.1) is 0 Å². The molecule has 2 aromatic rings. The van der Waals surface area contributed by atoms with Gasteiger partial charge in [0.05, 0.1) is 0 Å². The first-order valence-corrected chi connectivity index (χ1v) is 10.9. The van der Waals surface area contributed by atoms with Gasteiger partial charge in [0.1, 0.15) is 0 Å². The first kappa shape index (κ1) is 22.5. The Bertz CT molecular complexity index is 922. The monoisotopic (exact) mass is 421 g/mol. The van der Waals surface area contributed by atoms with E-state index < -0.39 is 0 Å². The van der Waals surface area contributed by atoms with Gasteiger partial charge in [0.15, 0.2) is 0 Å². The summed E-state index contributed by atoms with van der Waals surface area (Å²) in [6, 6.07) is 14.1. The molecule has 6 heteroatoms. The lowest BCUT2D eigenvalue weighted by Crippen LogP contribution is -2.44. The predicted octanol–water partition coefficient (Wildman–Crippen LogP) is 4.58. The van der Waals surface area contributed by atoms with Crippen molar-refractivity contribution < 1.29 is 14.4 Å². The van der Waals surface area contributed by atoms with E-state index in [1.54, 1.807) is 24.3 Å². The molecule has 3 N–H and O–H groups in total. The lowest BCUT2D eigenvalue weighted by molar-refractivity contribution is -0.126. The van der Waals surface area contributed by atoms with Crippen LogP contribution in [-0.2, 0) is 10.2 Å². The fourth-order valence-electron chi connectivity index (χ4n) is 3.69. The zero-order valence-corrected chi connectivity index (χ0v) is 18.5. The molecule has 0 spiro atoms. The molecule has 31 heavy (non-hydrogen) atoms. The van der Waals surface area contributed by atoms with Crippen LogP contribution >= 0.6 is 0 Å². The lowest BCUT2D eigenvalue weighted by atomic mass is 9.87. The van der Waals surface area contributed by atoms with Gasteiger partial charge in [-0.1, -0.05) is 52.2 Å². The van der Waals surface area contributed by atoms with Gasteiger partial charge in [-0.2, -0.15) is 0 Å². The third-order valence-corrected chi connectivity index (χ3v) is 5.69. The third kappa shape index (κ3) is 6.17. The molecular formula is C25H31N3O3. The first-order chi connectivity index (χ1) is 14.7. The zero-order chi connectivity index (χ0) is 22.4. The van der Waals surface area contributed by atoms with Crippen LogP contribution in [0.1, 0.15) is 79.2 Å². The second-order valence-electron chi connectivity index (χ2n) is 9.14. The lowest BCUT2D eigenvalue weighted by Gasteiger charge is -2.20. The summed E-state index contributed by atoms with van der Waals surface area (Å²) in [5, 5.41) is 2.84. The SMILES string of the molecule is CC(C)(C)c1ccc(C(=O)Nc2ccc(C(=O)NNC(=O)C3CCCCC3)cc2)cc1. The average Bonchev–Trinajstić information content (AvgIpc) is 2.77. The van der Waals surface area contributed by atoms with Crippen LogP contribution < -0.4 is 16.2 Å². The minimum atomic E-state index is -0.389. The van der Waals surface area contributed by atoms with Crippen molar-refractivity contribution in [2.45, 2.75) is 58.3 Å². The number of anilines is 1. The van der Waals surface area contributed by atoms with Crippen molar-refractivity contribution in [3.05, 3.63) is 65.2 Å². The van der Waals surface area contributed by atoms with Gasteiger partial charge < -0.3 is 5.32 Å². The van der Waals surface area contributed by atoms with Crippen LogP contribution in [0.25, 0.3) is 0 Å². The second-order valence-corrected chi connectivity index (χ2v) is 9.14. The predicted molar refractivity (Wildman–Crippen MR) is 122 cm³/mol. The fraction of sp³-hybridized carbons (Fsp3) is 0.400. The summed E-state index contributed by atoms with van der Waals surface area (Å²) in [6.07, 6.45) is 5.02. The maximum absolute atomic E-state index is 12.5. The van der Waals surface area contributed by atoms with Crippen molar-refractivity contribution in [1.29, 1.82) is 0 Å². The standard InChI is InChI=1S/C25H31N3O3/c1-25(2,3)20-13-9-18(10-14-20)22(29)26-21-15-11-19(12-16-21)24(31)28-27-23(30)17-7-5-4-6-8-17/h9-17H,4-8H2,1-3H3,(H,26,29)(H,27,30)(H,28,31). The van der Waals surface area contributed by atoms with Gasteiger partial charge in [0.2, 0.25) is 5.91 Å². The normalized spacial score (nSPS) is 14.5. The van der Waals surface area contributed by atoms with E-state index in [2.05, 4.69) is 36.9 Å². The summed E-state index contributed by atoms with van der Waals surface area (Å²) in [5.74, 6) is -0.754. The van der Waals surface area contributed by atoms with Crippen LogP contribution in [0.5, 0.6) is 0 Å². The number of amides is 3. The highest BCUT2D eigenvalue weighted by molar-refractivity contribution is 6.04. The maximum Gasteiger partial charge on any atom is 0.269 e. The number of rotatable bonds is 4. The molecule has 164 valence electrons. The van der Waals surface area contributed by atoms with Crippen molar-refractivity contribution in [2.24, 2.45) is 5.92 Å². The molecule has 3 amide bonds. The molecule has 0 bridgehead atoms. The van der Waals surface area contributed by atoms with Crippen LogP contribution in [0.4, 0.5) is 5.69 Å². The highest BCUT2D eigenvalue weighted by atomic mass is 16.2. The molecule has 0 saturated heterocycles. The van der Waals surface area contributed by atoms with E-state index in [1.807, 2.05) is 24.3 Å². The minimum absolute atomic E-state index is 0.0240. The molecule has 0 unspecified atom stereocenters. The topological polar surface area (TPSA) is 87.3 Å². The summed E-state index contributed by atoms with van der Waals surface area (Å²) in [5.41, 5.74) is 7.75. The number of hydrogen-bond donors (Lipinski definition) is 3. The Morgan fingerprint density at radius 2 is 1.29 bits per heavy atom. The summed E-state index contributed by atoms with van der Waals surface area (Å²) in [6.45, 7) is 6.38. The Balaban J connectivity index is 1.52. The van der Waals surface area contributed by atoms with Gasteiger partial charge in [-0.25, -0.2) is 0 Å². The van der Waals surface area contributed by atoms with E-state index in [4.69, 9.17) is 0 Å². The fourth-order valence-corrected chi connectivity index (χ4v) is 3.69. The van der Waals surface area contributed by atoms with Gasteiger partial charge in [-0.05, 0) is 60.2 Å². The van der Waals surface area contributed by atoms with Gasteiger partial charge in [0.25, 0.3) is 11.8 Å². The molecule has 0 aromatic heterocycles. The third-order valence-electron chi connectivity index (χ3n) is 5.69. The number of nitrogens with one attached hydrogen (secondary N) is 3. The quantitative estimate of drug-likeness (QED) is 0.632. The minimum Gasteiger partial charge on any atom is -0.322 e. The van der Waals surface area contributed by atoms with Crippen LogP contribution in [-0.4, -0.2) is 17.7 Å². The molecule has 0 radical (unpaired) electrons. The van der Waals surface area contributed by atoms with Crippen LogP contribution in [0.2, 0.25) is 0 Å². The van der Waals surface area contributed by atoms with E-state index in [0.717, 1.165) is 31.2 Å². The Morgan fingerprint density at radius 1 is 0.742 bits per heavy atom. The molecule has 1 aliphatic carbocycles. The van der Waals surface area contributed by atoms with Crippen molar-refractivity contribution >= 4 is 23.4 Å². The average molecular weight is 422 g/mol. The number of carbonyl (C=O) groups excluding carboxylic acids is 3. The Morgan fingerprint density at radius 3 is 1.87 bits per heavy atom. The number of hydrazine groups is 1. The molecule has 1 fully saturated rings. The summed E-state index contributed by atoms with van der Waals surface area (Å²) in [4.78, 5) is 36.9. The Labute approximate surface area is 183 Å². The number of benzene rings is 2. The van der Waals surface area contributed by atoms with E-state index in [1.165, 1.54) is 6.42 Å². The van der Waals surface area contributed by atoms with Gasteiger partial charge >= 0.3 is 0 Å². The van der Waals surface area contributed by atoms with Crippen LogP contribution in [0.15, 0.2) is 48.5 Å². The van der Waals surface area contributed by atoms with Crippen LogP contribution in [0.3, 0.4) is 0 Å². The zero-order valence-electron chi connectivity index (χ0n) is 18.5. The first-order valence-electron chi connectivity index (χ1n) is 10.9. The van der Waals surface area contributed by atoms with E-state index in [9.17, 15) is 14.4 Å². The molecule has 0 aliphatic heterocycles. The van der Waals surface area contributed by atoms with Crippen molar-refractivity contribution in [2.75, 3.05) is 5.32 Å². The van der Waals surface area contributed by atoms with Crippen molar-refractivity contribution in [3.8, 4) is 0 Å². The molecule has 1 aliphatic rings. The highest BCUT2D eigenvalue weighted by Gasteiger charge is 2.21. The van der Waals surface area contributed by atoms with Gasteiger partial charge in [0, 0.05) is 22.7 Å². The van der Waals surface area contributed by atoms with Crippen molar-refractivity contribution in [3.63, 3.8) is 0 Å². The summed E-state index contributed by atoms with van der Waals surface area (Å²) in [7, 11) is 0. The smallest absolute Gasteiger partial charge is 0.269 e. The Hall–Kier alpha value is -3.15. The molecule has 2 aromatic carbocycles. The molecule has 3 rings (SSSR count). The number of hydrogen-bond acceptors (Lipinski definition) is 3.